The zero-order valence-electron chi connectivity index (χ0n) is 11.3. The summed E-state index contributed by atoms with van der Waals surface area (Å²) in [5, 5.41) is 9.11. The van der Waals surface area contributed by atoms with Gasteiger partial charge in [-0.15, -0.1) is 11.3 Å². The van der Waals surface area contributed by atoms with Crippen molar-refractivity contribution in [3.05, 3.63) is 67.5 Å². The van der Waals surface area contributed by atoms with Crippen LogP contribution in [0.1, 0.15) is 15.2 Å². The van der Waals surface area contributed by atoms with E-state index in [2.05, 4.69) is 42.3 Å². The van der Waals surface area contributed by atoms with Crippen LogP contribution in [0.4, 0.5) is 0 Å². The van der Waals surface area contributed by atoms with Gasteiger partial charge in [0.05, 0.1) is 22.9 Å². The zero-order valence-corrected chi connectivity index (χ0v) is 15.3. The van der Waals surface area contributed by atoms with Crippen molar-refractivity contribution < 1.29 is 4.79 Å². The average Bonchev–Trinajstić information content (AvgIpc) is 3.13. The summed E-state index contributed by atoms with van der Waals surface area (Å²) in [5.41, 5.74) is 1.53. The largest absolute Gasteiger partial charge is 0.347 e. The molecule has 0 bridgehead atoms. The number of hydrogen-bond acceptors (Lipinski definition) is 3. The topological polar surface area (TPSA) is 46.9 Å². The van der Waals surface area contributed by atoms with E-state index in [1.54, 1.807) is 34.3 Å². The first kappa shape index (κ1) is 15.5. The third kappa shape index (κ3) is 3.48. The van der Waals surface area contributed by atoms with Gasteiger partial charge in [0, 0.05) is 21.1 Å². The standard InChI is InChI=1S/C15H11Br2N3OS/c16-11-7-19-20(9-11)12-3-1-10(2-4-12)15(21)18-8-14-13(17)5-6-22-14/h1-7,9H,8H2,(H,18,21). The summed E-state index contributed by atoms with van der Waals surface area (Å²) in [5.74, 6) is -0.0894. The van der Waals surface area contributed by atoms with E-state index >= 15 is 0 Å². The van der Waals surface area contributed by atoms with Crippen LogP contribution >= 0.6 is 43.2 Å². The van der Waals surface area contributed by atoms with Crippen LogP contribution in [0, 0.1) is 0 Å². The van der Waals surface area contributed by atoms with Gasteiger partial charge in [0.1, 0.15) is 0 Å². The molecule has 0 aliphatic rings. The van der Waals surface area contributed by atoms with Crippen molar-refractivity contribution in [1.82, 2.24) is 15.1 Å². The van der Waals surface area contributed by atoms with Gasteiger partial charge in [-0.2, -0.15) is 5.10 Å². The molecule has 112 valence electrons. The van der Waals surface area contributed by atoms with Crippen molar-refractivity contribution in [2.75, 3.05) is 0 Å². The maximum atomic E-state index is 12.2. The highest BCUT2D eigenvalue weighted by Gasteiger charge is 2.08. The summed E-state index contributed by atoms with van der Waals surface area (Å²) in [4.78, 5) is 13.3. The predicted molar refractivity (Wildman–Crippen MR) is 94.5 cm³/mol. The van der Waals surface area contributed by atoms with Gasteiger partial charge >= 0.3 is 0 Å². The Morgan fingerprint density at radius 3 is 2.59 bits per heavy atom. The third-order valence-corrected chi connectivity index (χ3v) is 5.38. The Kier molecular flexibility index (Phi) is 4.75. The fourth-order valence-corrected chi connectivity index (χ4v) is 3.64. The highest BCUT2D eigenvalue weighted by molar-refractivity contribution is 9.10. The van der Waals surface area contributed by atoms with E-state index < -0.39 is 0 Å². The summed E-state index contributed by atoms with van der Waals surface area (Å²) < 4.78 is 3.68. The first-order valence-electron chi connectivity index (χ1n) is 6.44. The van der Waals surface area contributed by atoms with Crippen LogP contribution < -0.4 is 5.32 Å². The number of rotatable bonds is 4. The molecule has 1 N–H and O–H groups in total. The average molecular weight is 441 g/mol. The summed E-state index contributed by atoms with van der Waals surface area (Å²) in [6.45, 7) is 0.519. The molecule has 1 amide bonds. The number of carbonyl (C=O) groups is 1. The SMILES string of the molecule is O=C(NCc1sccc1Br)c1ccc(-n2cc(Br)cn2)cc1. The molecule has 0 radical (unpaired) electrons. The van der Waals surface area contributed by atoms with Gasteiger partial charge in [-0.3, -0.25) is 4.79 Å². The lowest BCUT2D eigenvalue weighted by atomic mass is 10.2. The Morgan fingerprint density at radius 2 is 2.00 bits per heavy atom. The first-order chi connectivity index (χ1) is 10.6. The first-order valence-corrected chi connectivity index (χ1v) is 8.91. The van der Waals surface area contributed by atoms with Crippen molar-refractivity contribution in [1.29, 1.82) is 0 Å². The summed E-state index contributed by atoms with van der Waals surface area (Å²) in [6, 6.07) is 9.31. The van der Waals surface area contributed by atoms with Crippen LogP contribution in [-0.4, -0.2) is 15.7 Å². The van der Waals surface area contributed by atoms with E-state index in [9.17, 15) is 4.79 Å². The highest BCUT2D eigenvalue weighted by Crippen LogP contribution is 2.22. The molecule has 2 aromatic heterocycles. The second-order valence-corrected chi connectivity index (χ2v) is 7.30. The highest BCUT2D eigenvalue weighted by atomic mass is 79.9. The summed E-state index contributed by atoms with van der Waals surface area (Å²) in [7, 11) is 0. The van der Waals surface area contributed by atoms with Gasteiger partial charge in [-0.05, 0) is 67.6 Å². The molecule has 2 heterocycles. The molecular formula is C15H11Br2N3OS. The summed E-state index contributed by atoms with van der Waals surface area (Å²) in [6.07, 6.45) is 3.59. The van der Waals surface area contributed by atoms with Crippen LogP contribution in [0.2, 0.25) is 0 Å². The van der Waals surface area contributed by atoms with Gasteiger partial charge in [-0.25, -0.2) is 4.68 Å². The number of halogens is 2. The molecule has 3 aromatic rings. The van der Waals surface area contributed by atoms with E-state index in [-0.39, 0.29) is 5.91 Å². The van der Waals surface area contributed by atoms with Gasteiger partial charge in [0.15, 0.2) is 0 Å². The number of hydrogen-bond donors (Lipinski definition) is 1. The normalized spacial score (nSPS) is 10.6. The molecule has 4 nitrogen and oxygen atoms in total. The molecule has 0 unspecified atom stereocenters. The lowest BCUT2D eigenvalue weighted by Gasteiger charge is -2.06. The van der Waals surface area contributed by atoms with Gasteiger partial charge < -0.3 is 5.32 Å². The molecule has 22 heavy (non-hydrogen) atoms. The Bertz CT molecular complexity index is 795. The number of benzene rings is 1. The maximum absolute atomic E-state index is 12.2. The number of aromatic nitrogens is 2. The molecule has 0 saturated heterocycles. The van der Waals surface area contributed by atoms with Crippen LogP contribution in [0.5, 0.6) is 0 Å². The maximum Gasteiger partial charge on any atom is 0.251 e. The molecule has 1 aromatic carbocycles. The zero-order chi connectivity index (χ0) is 15.5. The van der Waals surface area contributed by atoms with E-state index in [4.69, 9.17) is 0 Å². The second-order valence-electron chi connectivity index (χ2n) is 4.52. The van der Waals surface area contributed by atoms with Crippen molar-refractivity contribution in [2.45, 2.75) is 6.54 Å². The van der Waals surface area contributed by atoms with Gasteiger partial charge in [0.2, 0.25) is 0 Å². The second kappa shape index (κ2) is 6.76. The predicted octanol–water partition coefficient (Wildman–Crippen LogP) is 4.39. The summed E-state index contributed by atoms with van der Waals surface area (Å²) >= 11 is 8.43. The minimum atomic E-state index is -0.0894. The molecular weight excluding hydrogens is 430 g/mol. The smallest absolute Gasteiger partial charge is 0.251 e. The number of carbonyl (C=O) groups excluding carboxylic acids is 1. The number of nitrogens with zero attached hydrogens (tertiary/aromatic N) is 2. The van der Waals surface area contributed by atoms with Crippen LogP contribution in [0.15, 0.2) is 57.1 Å². The minimum absolute atomic E-state index is 0.0894. The Labute approximate surface area is 148 Å². The quantitative estimate of drug-likeness (QED) is 0.653. The fourth-order valence-electron chi connectivity index (χ4n) is 1.92. The molecule has 7 heteroatoms. The van der Waals surface area contributed by atoms with Crippen LogP contribution in [0.25, 0.3) is 5.69 Å². The van der Waals surface area contributed by atoms with E-state index in [0.29, 0.717) is 12.1 Å². The molecule has 3 rings (SSSR count). The van der Waals surface area contributed by atoms with Crippen molar-refractivity contribution >= 4 is 49.1 Å². The molecule has 0 fully saturated rings. The Balaban J connectivity index is 1.67. The Morgan fingerprint density at radius 1 is 1.23 bits per heavy atom. The monoisotopic (exact) mass is 439 g/mol. The van der Waals surface area contributed by atoms with E-state index in [1.165, 1.54) is 0 Å². The fraction of sp³-hybridized carbons (Fsp3) is 0.0667. The molecule has 0 aliphatic carbocycles. The van der Waals surface area contributed by atoms with Crippen LogP contribution in [0.3, 0.4) is 0 Å². The van der Waals surface area contributed by atoms with Crippen molar-refractivity contribution in [3.63, 3.8) is 0 Å². The van der Waals surface area contributed by atoms with Crippen LogP contribution in [-0.2, 0) is 6.54 Å². The Hall–Kier alpha value is -1.44. The van der Waals surface area contributed by atoms with Gasteiger partial charge in [-0.1, -0.05) is 0 Å². The lowest BCUT2D eigenvalue weighted by Crippen LogP contribution is -2.22. The third-order valence-electron chi connectivity index (χ3n) is 3.05. The minimum Gasteiger partial charge on any atom is -0.347 e. The number of nitrogens with one attached hydrogen (secondary N) is 1. The molecule has 0 spiro atoms. The van der Waals surface area contributed by atoms with Crippen molar-refractivity contribution in [2.24, 2.45) is 0 Å². The van der Waals surface area contributed by atoms with Crippen molar-refractivity contribution in [3.8, 4) is 5.69 Å². The molecule has 0 saturated carbocycles. The number of thiophene rings is 1. The number of amides is 1. The van der Waals surface area contributed by atoms with E-state index in [1.807, 2.05) is 29.8 Å². The molecule has 0 atom stereocenters. The lowest BCUT2D eigenvalue weighted by molar-refractivity contribution is 0.0951. The molecule has 0 aliphatic heterocycles. The van der Waals surface area contributed by atoms with E-state index in [0.717, 1.165) is 19.5 Å². The van der Waals surface area contributed by atoms with Gasteiger partial charge in [0.25, 0.3) is 5.91 Å².